The van der Waals surface area contributed by atoms with E-state index in [4.69, 9.17) is 9.97 Å². The molecular weight excluding hydrogens is 830 g/mol. The average molecular weight is 865 g/mol. The molecule has 1 aliphatic carbocycles. The third-order valence-electron chi connectivity index (χ3n) is 10.6. The quantitative estimate of drug-likeness (QED) is 0.162. The molecule has 10 rings (SSSR count). The molecule has 2 aliphatic rings. The number of fused-ring (bicyclic) bond motifs is 4. The van der Waals surface area contributed by atoms with Gasteiger partial charge < -0.3 is 9.47 Å². The van der Waals surface area contributed by atoms with Crippen LogP contribution in [0.2, 0.25) is 0 Å². The van der Waals surface area contributed by atoms with Crippen LogP contribution in [0.5, 0.6) is 0 Å². The Morgan fingerprint density at radius 1 is 0.623 bits per heavy atom. The number of hydrogen-bond acceptors (Lipinski definition) is 3. The van der Waals surface area contributed by atoms with E-state index in [0.717, 1.165) is 74.1 Å². The van der Waals surface area contributed by atoms with E-state index in [2.05, 4.69) is 186 Å². The van der Waals surface area contributed by atoms with Gasteiger partial charge in [-0.05, 0) is 77.2 Å². The normalized spacial score (nSPS) is 16.0. The Morgan fingerprint density at radius 2 is 1.23 bits per heavy atom. The summed E-state index contributed by atoms with van der Waals surface area (Å²) < 4.78 is 4.54. The number of benzene rings is 6. The maximum absolute atomic E-state index is 5.26. The van der Waals surface area contributed by atoms with Crippen LogP contribution in [-0.2, 0) is 26.5 Å². The van der Waals surface area contributed by atoms with Crippen molar-refractivity contribution in [1.82, 2.24) is 19.1 Å². The molecule has 0 saturated heterocycles. The van der Waals surface area contributed by atoms with Gasteiger partial charge in [-0.3, -0.25) is 9.55 Å². The zero-order valence-corrected chi connectivity index (χ0v) is 31.6. The van der Waals surface area contributed by atoms with Crippen LogP contribution >= 0.6 is 0 Å². The van der Waals surface area contributed by atoms with Crippen LogP contribution in [0.1, 0.15) is 37.6 Å². The summed E-state index contributed by atoms with van der Waals surface area (Å²) in [5, 5.41) is 0. The molecule has 1 atom stereocenters. The summed E-state index contributed by atoms with van der Waals surface area (Å²) in [6, 6.07) is 56.8. The van der Waals surface area contributed by atoms with Crippen LogP contribution in [0.3, 0.4) is 0 Å². The second kappa shape index (κ2) is 13.0. The molecule has 0 spiro atoms. The number of hydrogen-bond donors (Lipinski definition) is 0. The third kappa shape index (κ3) is 5.33. The summed E-state index contributed by atoms with van der Waals surface area (Å²) in [4.78, 5) is 12.8. The zero-order valence-electron chi connectivity index (χ0n) is 29.3. The maximum atomic E-state index is 5.26. The summed E-state index contributed by atoms with van der Waals surface area (Å²) in [7, 11) is 0. The van der Waals surface area contributed by atoms with Gasteiger partial charge in [0.2, 0.25) is 0 Å². The first-order valence-corrected chi connectivity index (χ1v) is 17.9. The molecule has 0 radical (unpaired) electrons. The largest absolute Gasteiger partial charge is 2.00 e. The van der Waals surface area contributed by atoms with Crippen LogP contribution in [0.25, 0.3) is 44.8 Å². The van der Waals surface area contributed by atoms with Gasteiger partial charge >= 0.3 is 21.1 Å². The molecular formula is C47H35N5Pt. The van der Waals surface area contributed by atoms with Crippen LogP contribution in [-0.4, -0.2) is 19.1 Å². The first-order chi connectivity index (χ1) is 25.6. The Bertz CT molecular complexity index is 2700. The van der Waals surface area contributed by atoms with Gasteiger partial charge in [0.15, 0.2) is 0 Å². The van der Waals surface area contributed by atoms with E-state index in [-0.39, 0.29) is 32.4 Å². The second-order valence-electron chi connectivity index (χ2n) is 14.1. The minimum Gasteiger partial charge on any atom is -0.364 e. The SMILES string of the molecule is CC1(C)C2=CCC(c3nc4ccccc4n3-c3ccccc3)[C-]=C2N(c2[c-]c(-c3nc4ccccc4n3-c3ccccc3)ccc2)c2ccccc21.[Pt+2]. The van der Waals surface area contributed by atoms with Crippen molar-refractivity contribution in [2.75, 3.05) is 4.90 Å². The Balaban J connectivity index is 0.00000372. The van der Waals surface area contributed by atoms with Gasteiger partial charge in [0.25, 0.3) is 0 Å². The van der Waals surface area contributed by atoms with Crippen molar-refractivity contribution in [2.24, 2.45) is 0 Å². The fraction of sp³-hybridized carbons (Fsp3) is 0.106. The van der Waals surface area contributed by atoms with Crippen LogP contribution < -0.4 is 4.90 Å². The number of nitrogens with zero attached hydrogens (tertiary/aromatic N) is 5. The van der Waals surface area contributed by atoms with Crippen molar-refractivity contribution in [1.29, 1.82) is 0 Å². The molecule has 6 heteroatoms. The van der Waals surface area contributed by atoms with E-state index in [1.165, 1.54) is 11.1 Å². The van der Waals surface area contributed by atoms with Crippen molar-refractivity contribution >= 4 is 33.4 Å². The number of aromatic nitrogens is 4. The molecule has 0 N–H and O–H groups in total. The molecule has 2 aromatic heterocycles. The summed E-state index contributed by atoms with van der Waals surface area (Å²) >= 11 is 0. The van der Waals surface area contributed by atoms with Crippen LogP contribution in [0.4, 0.5) is 11.4 Å². The van der Waals surface area contributed by atoms with E-state index in [1.807, 2.05) is 12.1 Å². The first-order valence-electron chi connectivity index (χ1n) is 17.9. The standard InChI is InChI=1S/C47H35N5.Pt/c1-47(2)37-22-9-12-25-41(37)50(36-21-15-16-32(30-36)45-48-39-23-10-13-26-42(39)51(45)34-17-5-3-6-18-34)44-31-33(28-29-38(44)47)46-49-40-24-11-14-27-43(40)52(46)35-19-7-4-8-20-35;/h3-27,29,33H,28H2,1-2H3;/q-2;+2. The molecule has 0 bridgehead atoms. The molecule has 0 amide bonds. The van der Waals surface area contributed by atoms with E-state index in [1.54, 1.807) is 0 Å². The third-order valence-corrected chi connectivity index (χ3v) is 10.6. The summed E-state index contributed by atoms with van der Waals surface area (Å²) in [5.41, 5.74) is 12.6. The minimum absolute atomic E-state index is 0. The first kappa shape index (κ1) is 33.1. The van der Waals surface area contributed by atoms with Gasteiger partial charge in [-0.15, -0.1) is 35.5 Å². The van der Waals surface area contributed by atoms with E-state index >= 15 is 0 Å². The van der Waals surface area contributed by atoms with Gasteiger partial charge in [-0.2, -0.15) is 11.6 Å². The summed E-state index contributed by atoms with van der Waals surface area (Å²) in [6.45, 7) is 4.66. The van der Waals surface area contributed by atoms with E-state index < -0.39 is 0 Å². The van der Waals surface area contributed by atoms with Crippen LogP contribution in [0.15, 0.2) is 169 Å². The molecule has 8 aromatic rings. The Hall–Kier alpha value is -5.77. The van der Waals surface area contributed by atoms with E-state index in [0.29, 0.717) is 0 Å². The van der Waals surface area contributed by atoms with Gasteiger partial charge in [0.05, 0.1) is 27.9 Å². The zero-order chi connectivity index (χ0) is 34.8. The Labute approximate surface area is 323 Å². The van der Waals surface area contributed by atoms with Gasteiger partial charge in [0, 0.05) is 17.1 Å². The Kier molecular flexibility index (Phi) is 8.13. The summed E-state index contributed by atoms with van der Waals surface area (Å²) in [6.07, 6.45) is 7.28. The molecule has 1 unspecified atom stereocenters. The topological polar surface area (TPSA) is 38.9 Å². The predicted octanol–water partition coefficient (Wildman–Crippen LogP) is 11.1. The molecule has 5 nitrogen and oxygen atoms in total. The number of imidazole rings is 2. The second-order valence-corrected chi connectivity index (χ2v) is 14.1. The number of para-hydroxylation sites is 7. The predicted molar refractivity (Wildman–Crippen MR) is 210 cm³/mol. The molecule has 0 saturated carbocycles. The molecule has 53 heavy (non-hydrogen) atoms. The summed E-state index contributed by atoms with van der Waals surface area (Å²) in [5.74, 6) is 1.77. The fourth-order valence-electron chi connectivity index (χ4n) is 8.14. The number of rotatable bonds is 5. The molecule has 1 aliphatic heterocycles. The van der Waals surface area contributed by atoms with Gasteiger partial charge in [0.1, 0.15) is 5.82 Å². The van der Waals surface area contributed by atoms with Gasteiger partial charge in [-0.25, -0.2) is 11.1 Å². The van der Waals surface area contributed by atoms with Crippen molar-refractivity contribution in [3.05, 3.63) is 193 Å². The fourth-order valence-corrected chi connectivity index (χ4v) is 8.14. The molecule has 6 aromatic carbocycles. The molecule has 0 fully saturated rings. The van der Waals surface area contributed by atoms with Gasteiger partial charge in [-0.1, -0.05) is 99.1 Å². The average Bonchev–Trinajstić information content (AvgIpc) is 3.78. The van der Waals surface area contributed by atoms with Crippen molar-refractivity contribution < 1.29 is 21.1 Å². The maximum Gasteiger partial charge on any atom is 2.00 e. The number of allylic oxidation sites excluding steroid dienone is 3. The van der Waals surface area contributed by atoms with Crippen molar-refractivity contribution in [2.45, 2.75) is 31.6 Å². The Morgan fingerprint density at radius 3 is 1.96 bits per heavy atom. The van der Waals surface area contributed by atoms with Crippen LogP contribution in [0, 0.1) is 12.1 Å². The minimum atomic E-state index is -0.223. The van der Waals surface area contributed by atoms with E-state index in [9.17, 15) is 0 Å². The number of anilines is 2. The van der Waals surface area contributed by atoms with Crippen molar-refractivity contribution in [3.8, 4) is 22.8 Å². The molecule has 258 valence electrons. The van der Waals surface area contributed by atoms with Crippen molar-refractivity contribution in [3.63, 3.8) is 0 Å². The smallest absolute Gasteiger partial charge is 0.364 e. The monoisotopic (exact) mass is 864 g/mol. The molecule has 3 heterocycles.